The quantitative estimate of drug-likeness (QED) is 0.334. The summed E-state index contributed by atoms with van der Waals surface area (Å²) in [5, 5.41) is 4.72. The highest BCUT2D eigenvalue weighted by Crippen LogP contribution is 2.31. The Labute approximate surface area is 192 Å². The van der Waals surface area contributed by atoms with Gasteiger partial charge in [0.05, 0.1) is 11.6 Å². The van der Waals surface area contributed by atoms with Crippen LogP contribution in [0.15, 0.2) is 48.2 Å². The molecule has 0 atom stereocenters. The number of hydrogen-bond acceptors (Lipinski definition) is 6. The minimum Gasteiger partial charge on any atom is -0.303 e. The molecule has 0 saturated heterocycles. The van der Waals surface area contributed by atoms with E-state index in [9.17, 15) is 4.79 Å². The number of anilines is 1. The van der Waals surface area contributed by atoms with Gasteiger partial charge in [0.15, 0.2) is 0 Å². The molecule has 4 aromatic rings. The van der Waals surface area contributed by atoms with Gasteiger partial charge in [-0.15, -0.1) is 22.7 Å². The van der Waals surface area contributed by atoms with Crippen molar-refractivity contribution in [2.45, 2.75) is 20.4 Å². The zero-order valence-electron chi connectivity index (χ0n) is 16.1. The van der Waals surface area contributed by atoms with Crippen LogP contribution in [0.3, 0.4) is 0 Å². The molecule has 30 heavy (non-hydrogen) atoms. The highest BCUT2D eigenvalue weighted by atomic mass is 35.5. The Morgan fingerprint density at radius 3 is 2.57 bits per heavy atom. The molecule has 3 heterocycles. The standard InChI is InChI=1S/C21H16Cl2N4OS2/c1-12-8-24-4-3-18(12)21(28)27(16-6-14(22)5-15(23)7-16)10-17-9-25-20(30-17)19-11-29-13(2)26-19/h3-9,11H,10H2,1-2H3. The summed E-state index contributed by atoms with van der Waals surface area (Å²) in [6.07, 6.45) is 5.06. The maximum absolute atomic E-state index is 13.5. The fourth-order valence-electron chi connectivity index (χ4n) is 2.95. The Bertz CT molecular complexity index is 1200. The van der Waals surface area contributed by atoms with Gasteiger partial charge < -0.3 is 4.90 Å². The summed E-state index contributed by atoms with van der Waals surface area (Å²) in [6, 6.07) is 6.82. The topological polar surface area (TPSA) is 59.0 Å². The SMILES string of the molecule is Cc1nc(-c2ncc(CN(C(=O)c3ccncc3C)c3cc(Cl)cc(Cl)c3)s2)cs1. The van der Waals surface area contributed by atoms with Crippen LogP contribution in [0.25, 0.3) is 10.7 Å². The largest absolute Gasteiger partial charge is 0.303 e. The van der Waals surface area contributed by atoms with E-state index in [-0.39, 0.29) is 5.91 Å². The third-order valence-electron chi connectivity index (χ3n) is 4.36. The number of rotatable bonds is 5. The molecule has 0 aliphatic heterocycles. The molecule has 5 nitrogen and oxygen atoms in total. The van der Waals surface area contributed by atoms with Crippen LogP contribution in [0.5, 0.6) is 0 Å². The third kappa shape index (κ3) is 4.54. The predicted molar refractivity (Wildman–Crippen MR) is 124 cm³/mol. The second-order valence-electron chi connectivity index (χ2n) is 6.59. The number of carbonyl (C=O) groups is 1. The molecule has 1 amide bonds. The molecule has 152 valence electrons. The van der Waals surface area contributed by atoms with Gasteiger partial charge in [0.2, 0.25) is 0 Å². The molecular formula is C21H16Cl2N4OS2. The Balaban J connectivity index is 1.71. The van der Waals surface area contributed by atoms with Crippen LogP contribution < -0.4 is 4.90 Å². The van der Waals surface area contributed by atoms with Gasteiger partial charge in [0.25, 0.3) is 5.91 Å². The van der Waals surface area contributed by atoms with Crippen molar-refractivity contribution in [2.75, 3.05) is 4.90 Å². The van der Waals surface area contributed by atoms with Crippen LogP contribution in [0.1, 0.15) is 25.8 Å². The second kappa shape index (κ2) is 8.81. The van der Waals surface area contributed by atoms with Crippen molar-refractivity contribution >= 4 is 57.5 Å². The Morgan fingerprint density at radius 2 is 1.90 bits per heavy atom. The zero-order chi connectivity index (χ0) is 21.3. The first-order valence-electron chi connectivity index (χ1n) is 8.96. The van der Waals surface area contributed by atoms with Crippen LogP contribution >= 0.6 is 45.9 Å². The van der Waals surface area contributed by atoms with Gasteiger partial charge >= 0.3 is 0 Å². The minimum absolute atomic E-state index is 0.160. The van der Waals surface area contributed by atoms with Crippen molar-refractivity contribution in [3.05, 3.63) is 79.3 Å². The number of hydrogen-bond donors (Lipinski definition) is 0. The van der Waals surface area contributed by atoms with E-state index in [2.05, 4.69) is 15.0 Å². The molecule has 0 unspecified atom stereocenters. The van der Waals surface area contributed by atoms with E-state index in [0.29, 0.717) is 27.8 Å². The molecule has 0 fully saturated rings. The summed E-state index contributed by atoms with van der Waals surface area (Å²) in [5.74, 6) is -0.160. The first kappa shape index (κ1) is 20.9. The van der Waals surface area contributed by atoms with Gasteiger partial charge in [-0.1, -0.05) is 23.2 Å². The molecule has 0 N–H and O–H groups in total. The second-order valence-corrected chi connectivity index (χ2v) is 9.64. The van der Waals surface area contributed by atoms with E-state index in [1.54, 1.807) is 59.1 Å². The van der Waals surface area contributed by atoms with E-state index < -0.39 is 0 Å². The van der Waals surface area contributed by atoms with Crippen LogP contribution in [0.2, 0.25) is 10.0 Å². The summed E-state index contributed by atoms with van der Waals surface area (Å²) < 4.78 is 0. The van der Waals surface area contributed by atoms with Crippen molar-refractivity contribution in [3.8, 4) is 10.7 Å². The molecule has 1 aromatic carbocycles. The third-order valence-corrected chi connectivity index (χ3v) is 6.58. The van der Waals surface area contributed by atoms with Crippen LogP contribution in [-0.2, 0) is 6.54 Å². The number of aryl methyl sites for hydroxylation is 2. The van der Waals surface area contributed by atoms with Crippen molar-refractivity contribution in [2.24, 2.45) is 0 Å². The molecule has 9 heteroatoms. The van der Waals surface area contributed by atoms with E-state index in [0.717, 1.165) is 26.1 Å². The predicted octanol–water partition coefficient (Wildman–Crippen LogP) is 6.43. The minimum atomic E-state index is -0.160. The first-order valence-corrected chi connectivity index (χ1v) is 11.4. The number of aromatic nitrogens is 3. The number of benzene rings is 1. The molecule has 0 bridgehead atoms. The van der Waals surface area contributed by atoms with E-state index in [1.165, 1.54) is 11.3 Å². The molecule has 3 aromatic heterocycles. The van der Waals surface area contributed by atoms with Gasteiger partial charge in [-0.05, 0) is 43.7 Å². The Kier molecular flexibility index (Phi) is 6.15. The Morgan fingerprint density at radius 1 is 1.13 bits per heavy atom. The summed E-state index contributed by atoms with van der Waals surface area (Å²) >= 11 is 15.5. The van der Waals surface area contributed by atoms with Crippen LogP contribution in [0, 0.1) is 13.8 Å². The lowest BCUT2D eigenvalue weighted by molar-refractivity contribution is 0.0984. The van der Waals surface area contributed by atoms with Crippen LogP contribution in [0.4, 0.5) is 5.69 Å². The molecular weight excluding hydrogens is 459 g/mol. The summed E-state index contributed by atoms with van der Waals surface area (Å²) in [5.41, 5.74) is 2.83. The summed E-state index contributed by atoms with van der Waals surface area (Å²) in [4.78, 5) is 29.1. The summed E-state index contributed by atoms with van der Waals surface area (Å²) in [6.45, 7) is 4.15. The maximum Gasteiger partial charge on any atom is 0.258 e. The molecule has 0 aliphatic rings. The van der Waals surface area contributed by atoms with Crippen molar-refractivity contribution in [3.63, 3.8) is 0 Å². The highest BCUT2D eigenvalue weighted by Gasteiger charge is 2.22. The van der Waals surface area contributed by atoms with E-state index >= 15 is 0 Å². The van der Waals surface area contributed by atoms with Crippen molar-refractivity contribution in [1.29, 1.82) is 0 Å². The fourth-order valence-corrected chi connectivity index (χ4v) is 5.00. The van der Waals surface area contributed by atoms with Crippen molar-refractivity contribution in [1.82, 2.24) is 15.0 Å². The average molecular weight is 475 g/mol. The van der Waals surface area contributed by atoms with Gasteiger partial charge in [-0.3, -0.25) is 9.78 Å². The van der Waals surface area contributed by atoms with Gasteiger partial charge in [-0.25, -0.2) is 9.97 Å². The molecule has 0 aliphatic carbocycles. The fraction of sp³-hybridized carbons (Fsp3) is 0.143. The van der Waals surface area contributed by atoms with Crippen molar-refractivity contribution < 1.29 is 4.79 Å². The first-order chi connectivity index (χ1) is 14.4. The molecule has 0 spiro atoms. The maximum atomic E-state index is 13.5. The average Bonchev–Trinajstić information content (AvgIpc) is 3.34. The monoisotopic (exact) mass is 474 g/mol. The van der Waals surface area contributed by atoms with E-state index in [4.69, 9.17) is 23.2 Å². The number of carbonyl (C=O) groups excluding carboxylic acids is 1. The number of amides is 1. The number of thiazole rings is 2. The normalized spacial score (nSPS) is 10.9. The van der Waals surface area contributed by atoms with E-state index in [1.807, 2.05) is 19.2 Å². The van der Waals surface area contributed by atoms with Gasteiger partial charge in [-0.2, -0.15) is 0 Å². The number of halogens is 2. The lowest BCUT2D eigenvalue weighted by Crippen LogP contribution is -2.30. The number of pyridine rings is 1. The lowest BCUT2D eigenvalue weighted by atomic mass is 10.1. The molecule has 0 saturated carbocycles. The molecule has 0 radical (unpaired) electrons. The van der Waals surface area contributed by atoms with Crippen LogP contribution in [-0.4, -0.2) is 20.9 Å². The molecule has 4 rings (SSSR count). The van der Waals surface area contributed by atoms with Gasteiger partial charge in [0.1, 0.15) is 10.7 Å². The zero-order valence-corrected chi connectivity index (χ0v) is 19.2. The summed E-state index contributed by atoms with van der Waals surface area (Å²) in [7, 11) is 0. The number of nitrogens with zero attached hydrogens (tertiary/aromatic N) is 4. The Hall–Kier alpha value is -2.32. The smallest absolute Gasteiger partial charge is 0.258 e. The van der Waals surface area contributed by atoms with Gasteiger partial charge in [0, 0.05) is 50.1 Å². The highest BCUT2D eigenvalue weighted by molar-refractivity contribution is 7.15. The lowest BCUT2D eigenvalue weighted by Gasteiger charge is -2.23.